The summed E-state index contributed by atoms with van der Waals surface area (Å²) < 4.78 is 5.76. The Hall–Kier alpha value is -0.320. The van der Waals surface area contributed by atoms with Crippen LogP contribution in [-0.4, -0.2) is 31.4 Å². The summed E-state index contributed by atoms with van der Waals surface area (Å²) in [6.45, 7) is 2.25. The van der Waals surface area contributed by atoms with Crippen molar-refractivity contribution >= 4 is 23.2 Å². The minimum atomic E-state index is -0.134. The molecule has 0 unspecified atom stereocenters. The van der Waals surface area contributed by atoms with E-state index in [0.29, 0.717) is 16.7 Å². The molecule has 0 radical (unpaired) electrons. The van der Waals surface area contributed by atoms with Gasteiger partial charge < -0.3 is 15.2 Å². The van der Waals surface area contributed by atoms with Crippen LogP contribution >= 0.6 is 23.2 Å². The van der Waals surface area contributed by atoms with Crippen LogP contribution in [0.5, 0.6) is 0 Å². The van der Waals surface area contributed by atoms with Gasteiger partial charge in [0.15, 0.2) is 0 Å². The highest BCUT2D eigenvalue weighted by molar-refractivity contribution is 6.42. The molecule has 94 valence electrons. The molecule has 1 saturated heterocycles. The normalized spacial score (nSPS) is 25.6. The van der Waals surface area contributed by atoms with E-state index in [4.69, 9.17) is 27.9 Å². The van der Waals surface area contributed by atoms with Crippen LogP contribution in [0.1, 0.15) is 11.7 Å². The Bertz CT molecular complexity index is 387. The molecule has 2 rings (SSSR count). The van der Waals surface area contributed by atoms with Crippen LogP contribution in [0.3, 0.4) is 0 Å². The third kappa shape index (κ3) is 3.12. The third-order valence-electron chi connectivity index (χ3n) is 2.92. The maximum atomic E-state index is 9.39. The Labute approximate surface area is 111 Å². The first kappa shape index (κ1) is 13.1. The molecular formula is C12H15Cl2NO2. The number of hydrogen-bond donors (Lipinski definition) is 2. The van der Waals surface area contributed by atoms with Crippen molar-refractivity contribution in [1.29, 1.82) is 0 Å². The lowest BCUT2D eigenvalue weighted by Crippen LogP contribution is -2.27. The van der Waals surface area contributed by atoms with Gasteiger partial charge >= 0.3 is 0 Å². The van der Waals surface area contributed by atoms with E-state index in [2.05, 4.69) is 5.32 Å². The molecular weight excluding hydrogens is 261 g/mol. The number of halogens is 2. The second-order valence-corrected chi connectivity index (χ2v) is 4.93. The van der Waals surface area contributed by atoms with Crippen molar-refractivity contribution in [2.24, 2.45) is 5.92 Å². The summed E-state index contributed by atoms with van der Waals surface area (Å²) in [6.07, 6.45) is -0.134. The Morgan fingerprint density at radius 1 is 1.35 bits per heavy atom. The summed E-state index contributed by atoms with van der Waals surface area (Å²) in [7, 11) is 0. The zero-order valence-electron chi connectivity index (χ0n) is 9.33. The Morgan fingerprint density at radius 2 is 2.18 bits per heavy atom. The van der Waals surface area contributed by atoms with E-state index in [1.807, 2.05) is 12.1 Å². The van der Waals surface area contributed by atoms with Crippen LogP contribution in [0.4, 0.5) is 0 Å². The van der Waals surface area contributed by atoms with Crippen molar-refractivity contribution in [1.82, 2.24) is 5.32 Å². The third-order valence-corrected chi connectivity index (χ3v) is 3.66. The highest BCUT2D eigenvalue weighted by atomic mass is 35.5. The lowest BCUT2D eigenvalue weighted by molar-refractivity contribution is 0.0115. The average Bonchev–Trinajstić information content (AvgIpc) is 2.57. The minimum Gasteiger partial charge on any atom is -0.396 e. The largest absolute Gasteiger partial charge is 0.396 e. The van der Waals surface area contributed by atoms with Crippen molar-refractivity contribution in [3.05, 3.63) is 33.8 Å². The van der Waals surface area contributed by atoms with E-state index in [9.17, 15) is 5.11 Å². The molecule has 17 heavy (non-hydrogen) atoms. The molecule has 3 nitrogen and oxygen atoms in total. The van der Waals surface area contributed by atoms with Crippen molar-refractivity contribution in [3.8, 4) is 0 Å². The molecule has 0 bridgehead atoms. The number of aliphatic hydroxyl groups is 1. The average molecular weight is 276 g/mol. The van der Waals surface area contributed by atoms with Crippen molar-refractivity contribution < 1.29 is 9.84 Å². The first-order chi connectivity index (χ1) is 8.22. The summed E-state index contributed by atoms with van der Waals surface area (Å²) in [5.41, 5.74) is 0.960. The first-order valence-electron chi connectivity index (χ1n) is 5.60. The fraction of sp³-hybridized carbons (Fsp3) is 0.500. The summed E-state index contributed by atoms with van der Waals surface area (Å²) in [5.74, 6) is 0.0368. The fourth-order valence-corrected chi connectivity index (χ4v) is 2.31. The number of aliphatic hydroxyl groups excluding tert-OH is 1. The molecule has 1 heterocycles. The molecule has 1 aliphatic heterocycles. The lowest BCUT2D eigenvalue weighted by Gasteiger charge is -2.23. The highest BCUT2D eigenvalue weighted by Gasteiger charge is 2.25. The van der Waals surface area contributed by atoms with Gasteiger partial charge in [-0.3, -0.25) is 0 Å². The summed E-state index contributed by atoms with van der Waals surface area (Å²) in [4.78, 5) is 0. The zero-order valence-corrected chi connectivity index (χ0v) is 10.8. The van der Waals surface area contributed by atoms with Crippen LogP contribution in [0.25, 0.3) is 0 Å². The van der Waals surface area contributed by atoms with Gasteiger partial charge in [0.1, 0.15) is 0 Å². The number of hydrogen-bond acceptors (Lipinski definition) is 3. The first-order valence-corrected chi connectivity index (χ1v) is 6.36. The molecule has 1 aromatic carbocycles. The van der Waals surface area contributed by atoms with Crippen molar-refractivity contribution in [2.45, 2.75) is 6.10 Å². The Morgan fingerprint density at radius 3 is 2.88 bits per heavy atom. The predicted octanol–water partition coefficient (Wildman–Crippen LogP) is 2.26. The molecule has 1 fully saturated rings. The molecule has 5 heteroatoms. The maximum Gasteiger partial charge on any atom is 0.0888 e. The van der Waals surface area contributed by atoms with Crippen LogP contribution in [0.2, 0.25) is 10.0 Å². The van der Waals surface area contributed by atoms with Gasteiger partial charge in [0.2, 0.25) is 0 Å². The summed E-state index contributed by atoms with van der Waals surface area (Å²) in [6, 6.07) is 5.46. The maximum absolute atomic E-state index is 9.39. The second-order valence-electron chi connectivity index (χ2n) is 4.11. The highest BCUT2D eigenvalue weighted by Crippen LogP contribution is 2.31. The molecule has 0 saturated carbocycles. The van der Waals surface area contributed by atoms with Gasteiger partial charge in [-0.1, -0.05) is 29.3 Å². The quantitative estimate of drug-likeness (QED) is 0.870. The van der Waals surface area contributed by atoms with E-state index in [1.165, 1.54) is 0 Å². The van der Waals surface area contributed by atoms with E-state index in [1.54, 1.807) is 6.07 Å². The lowest BCUT2D eigenvalue weighted by atomic mass is 9.96. The van der Waals surface area contributed by atoms with Crippen LogP contribution in [-0.2, 0) is 4.74 Å². The van der Waals surface area contributed by atoms with E-state index >= 15 is 0 Å². The van der Waals surface area contributed by atoms with Gasteiger partial charge in [0.25, 0.3) is 0 Å². The number of rotatable bonds is 2. The van der Waals surface area contributed by atoms with Gasteiger partial charge in [0.05, 0.1) is 22.8 Å². The van der Waals surface area contributed by atoms with Crippen molar-refractivity contribution in [3.63, 3.8) is 0 Å². The molecule has 1 aliphatic rings. The number of benzene rings is 1. The Kier molecular flexibility index (Phi) is 4.65. The predicted molar refractivity (Wildman–Crippen MR) is 68.6 cm³/mol. The van der Waals surface area contributed by atoms with Gasteiger partial charge in [0, 0.05) is 25.6 Å². The van der Waals surface area contributed by atoms with Crippen molar-refractivity contribution in [2.75, 3.05) is 26.3 Å². The molecule has 0 aromatic heterocycles. The van der Waals surface area contributed by atoms with E-state index in [-0.39, 0.29) is 18.6 Å². The zero-order chi connectivity index (χ0) is 12.3. The van der Waals surface area contributed by atoms with E-state index in [0.717, 1.165) is 18.7 Å². The molecule has 2 atom stereocenters. The van der Waals surface area contributed by atoms with E-state index < -0.39 is 0 Å². The standard InChI is InChI=1S/C12H15Cl2NO2/c13-10-2-1-8(5-11(10)14)12-9(7-16)6-15-3-4-17-12/h1-2,5,9,12,15-16H,3-4,6-7H2/t9-,12+/m1/s1. The Balaban J connectivity index is 2.25. The van der Waals surface area contributed by atoms with Gasteiger partial charge in [-0.25, -0.2) is 0 Å². The van der Waals surface area contributed by atoms with Gasteiger partial charge in [-0.2, -0.15) is 0 Å². The molecule has 0 aliphatic carbocycles. The fourth-order valence-electron chi connectivity index (χ4n) is 2.01. The van der Waals surface area contributed by atoms with Crippen LogP contribution < -0.4 is 5.32 Å². The van der Waals surface area contributed by atoms with Gasteiger partial charge in [-0.15, -0.1) is 0 Å². The summed E-state index contributed by atoms with van der Waals surface area (Å²) >= 11 is 11.9. The van der Waals surface area contributed by atoms with Crippen LogP contribution in [0, 0.1) is 5.92 Å². The monoisotopic (exact) mass is 275 g/mol. The summed E-state index contributed by atoms with van der Waals surface area (Å²) in [5, 5.41) is 13.7. The molecule has 0 amide bonds. The topological polar surface area (TPSA) is 41.5 Å². The van der Waals surface area contributed by atoms with Crippen LogP contribution in [0.15, 0.2) is 18.2 Å². The molecule has 2 N–H and O–H groups in total. The minimum absolute atomic E-state index is 0.0368. The second kappa shape index (κ2) is 6.03. The van der Waals surface area contributed by atoms with Gasteiger partial charge in [-0.05, 0) is 17.7 Å². The SMILES string of the molecule is OC[C@H]1CNCCO[C@H]1c1ccc(Cl)c(Cl)c1. The molecule has 1 aromatic rings. The number of nitrogens with one attached hydrogen (secondary N) is 1. The smallest absolute Gasteiger partial charge is 0.0888 e. The molecule has 0 spiro atoms. The number of ether oxygens (including phenoxy) is 1.